The number of hydrogen-bond acceptors (Lipinski definition) is 4. The summed E-state index contributed by atoms with van der Waals surface area (Å²) in [6.45, 7) is 2.78. The lowest BCUT2D eigenvalue weighted by molar-refractivity contribution is -0.132. The molecule has 0 unspecified atom stereocenters. The predicted molar refractivity (Wildman–Crippen MR) is 72.7 cm³/mol. The lowest BCUT2D eigenvalue weighted by Gasteiger charge is -2.35. The van der Waals surface area contributed by atoms with E-state index in [1.807, 2.05) is 15.9 Å². The van der Waals surface area contributed by atoms with Crippen molar-refractivity contribution < 1.29 is 14.7 Å². The van der Waals surface area contributed by atoms with Crippen LogP contribution in [0.4, 0.5) is 5.82 Å². The van der Waals surface area contributed by atoms with E-state index in [4.69, 9.17) is 5.11 Å². The van der Waals surface area contributed by atoms with Crippen molar-refractivity contribution in [1.82, 2.24) is 9.88 Å². The fourth-order valence-electron chi connectivity index (χ4n) is 2.46. The van der Waals surface area contributed by atoms with Gasteiger partial charge < -0.3 is 14.9 Å². The summed E-state index contributed by atoms with van der Waals surface area (Å²) in [7, 11) is 0. The number of aromatic carboxylic acids is 1. The van der Waals surface area contributed by atoms with Gasteiger partial charge in [-0.05, 0) is 25.0 Å². The minimum atomic E-state index is -1.02. The number of aromatic nitrogens is 1. The normalized spacial score (nSPS) is 19.0. The van der Waals surface area contributed by atoms with Gasteiger partial charge in [0.15, 0.2) is 5.69 Å². The second-order valence-corrected chi connectivity index (χ2v) is 5.27. The molecule has 0 bridgehead atoms. The van der Waals surface area contributed by atoms with Crippen LogP contribution >= 0.6 is 0 Å². The molecule has 0 aromatic carbocycles. The second-order valence-electron chi connectivity index (χ2n) is 5.27. The van der Waals surface area contributed by atoms with Gasteiger partial charge in [0.2, 0.25) is 5.91 Å². The Hall–Kier alpha value is -2.11. The monoisotopic (exact) mass is 275 g/mol. The molecule has 1 aliphatic carbocycles. The number of carbonyl (C=O) groups excluding carboxylic acids is 1. The summed E-state index contributed by atoms with van der Waals surface area (Å²) in [5, 5.41) is 8.96. The molecule has 1 aliphatic heterocycles. The molecule has 6 heteroatoms. The molecule has 6 nitrogen and oxygen atoms in total. The van der Waals surface area contributed by atoms with Crippen LogP contribution in [0.15, 0.2) is 18.2 Å². The van der Waals surface area contributed by atoms with E-state index in [2.05, 4.69) is 4.98 Å². The van der Waals surface area contributed by atoms with Gasteiger partial charge >= 0.3 is 5.97 Å². The van der Waals surface area contributed by atoms with E-state index >= 15 is 0 Å². The van der Waals surface area contributed by atoms with Gasteiger partial charge in [0.05, 0.1) is 0 Å². The molecule has 1 aromatic heterocycles. The van der Waals surface area contributed by atoms with Gasteiger partial charge in [-0.15, -0.1) is 0 Å². The average Bonchev–Trinajstić information content (AvgIpc) is 3.31. The van der Waals surface area contributed by atoms with Crippen LogP contribution in [0.5, 0.6) is 0 Å². The van der Waals surface area contributed by atoms with Crippen molar-refractivity contribution in [1.29, 1.82) is 0 Å². The molecule has 0 radical (unpaired) electrons. The molecule has 0 atom stereocenters. The lowest BCUT2D eigenvalue weighted by Crippen LogP contribution is -2.49. The number of amides is 1. The van der Waals surface area contributed by atoms with E-state index in [1.165, 1.54) is 6.07 Å². The number of carboxylic acid groups (broad SMARTS) is 1. The van der Waals surface area contributed by atoms with Crippen molar-refractivity contribution in [3.63, 3.8) is 0 Å². The van der Waals surface area contributed by atoms with E-state index in [0.717, 1.165) is 12.8 Å². The zero-order valence-corrected chi connectivity index (χ0v) is 11.2. The highest BCUT2D eigenvalue weighted by Crippen LogP contribution is 2.31. The van der Waals surface area contributed by atoms with Gasteiger partial charge in [0, 0.05) is 32.1 Å². The Morgan fingerprint density at radius 3 is 2.45 bits per heavy atom. The van der Waals surface area contributed by atoms with Gasteiger partial charge in [-0.2, -0.15) is 0 Å². The zero-order valence-electron chi connectivity index (χ0n) is 11.2. The first-order valence-corrected chi connectivity index (χ1v) is 6.89. The largest absolute Gasteiger partial charge is 0.477 e. The Morgan fingerprint density at radius 2 is 1.85 bits per heavy atom. The molecule has 1 saturated heterocycles. The van der Waals surface area contributed by atoms with Crippen LogP contribution in [-0.2, 0) is 4.79 Å². The number of pyridine rings is 1. The molecular weight excluding hydrogens is 258 g/mol. The van der Waals surface area contributed by atoms with Crippen LogP contribution in [0.3, 0.4) is 0 Å². The molecule has 0 spiro atoms. The molecule has 2 aliphatic rings. The third-order valence-corrected chi connectivity index (χ3v) is 3.80. The van der Waals surface area contributed by atoms with Crippen molar-refractivity contribution in [3.8, 4) is 0 Å². The van der Waals surface area contributed by atoms with Crippen molar-refractivity contribution in [2.24, 2.45) is 5.92 Å². The van der Waals surface area contributed by atoms with Crippen LogP contribution in [0.2, 0.25) is 0 Å². The topological polar surface area (TPSA) is 73.7 Å². The zero-order chi connectivity index (χ0) is 14.1. The quantitative estimate of drug-likeness (QED) is 0.884. The van der Waals surface area contributed by atoms with Gasteiger partial charge in [0.1, 0.15) is 5.82 Å². The van der Waals surface area contributed by atoms with Gasteiger partial charge in [-0.25, -0.2) is 9.78 Å². The number of rotatable bonds is 3. The molecule has 1 amide bonds. The summed E-state index contributed by atoms with van der Waals surface area (Å²) in [4.78, 5) is 31.0. The predicted octanol–water partition coefficient (Wildman–Crippen LogP) is 0.838. The van der Waals surface area contributed by atoms with E-state index in [-0.39, 0.29) is 17.5 Å². The smallest absolute Gasteiger partial charge is 0.354 e. The highest BCUT2D eigenvalue weighted by molar-refractivity contribution is 5.85. The SMILES string of the molecule is O=C(O)c1cccc(N2CCN(C(=O)C3CC3)CC2)n1. The molecule has 1 aromatic rings. The number of piperazine rings is 1. The maximum absolute atomic E-state index is 12.0. The fraction of sp³-hybridized carbons (Fsp3) is 0.500. The number of nitrogens with zero attached hydrogens (tertiary/aromatic N) is 3. The average molecular weight is 275 g/mol. The van der Waals surface area contributed by atoms with E-state index in [0.29, 0.717) is 32.0 Å². The third-order valence-electron chi connectivity index (χ3n) is 3.80. The van der Waals surface area contributed by atoms with E-state index in [9.17, 15) is 9.59 Å². The van der Waals surface area contributed by atoms with Crippen molar-refractivity contribution in [2.75, 3.05) is 31.1 Å². The maximum Gasteiger partial charge on any atom is 0.354 e. The number of carbonyl (C=O) groups is 2. The minimum Gasteiger partial charge on any atom is -0.477 e. The van der Waals surface area contributed by atoms with Crippen molar-refractivity contribution >= 4 is 17.7 Å². The summed E-state index contributed by atoms with van der Waals surface area (Å²) < 4.78 is 0. The highest BCUT2D eigenvalue weighted by Gasteiger charge is 2.34. The first-order valence-electron chi connectivity index (χ1n) is 6.89. The first kappa shape index (κ1) is 12.9. The third kappa shape index (κ3) is 2.59. The molecular formula is C14H17N3O3. The minimum absolute atomic E-state index is 0.0546. The van der Waals surface area contributed by atoms with Crippen molar-refractivity contribution in [3.05, 3.63) is 23.9 Å². The summed E-state index contributed by atoms with van der Waals surface area (Å²) >= 11 is 0. The van der Waals surface area contributed by atoms with E-state index in [1.54, 1.807) is 6.07 Å². The standard InChI is InChI=1S/C14H17N3O3/c18-13(10-4-5-10)17-8-6-16(7-9-17)12-3-1-2-11(15-12)14(19)20/h1-3,10H,4-9H2,(H,19,20). The van der Waals surface area contributed by atoms with Crippen LogP contribution in [0, 0.1) is 5.92 Å². The van der Waals surface area contributed by atoms with Gasteiger partial charge in [0.25, 0.3) is 0 Å². The Morgan fingerprint density at radius 1 is 1.15 bits per heavy atom. The van der Waals surface area contributed by atoms with Crippen LogP contribution in [0.25, 0.3) is 0 Å². The van der Waals surface area contributed by atoms with Gasteiger partial charge in [-0.3, -0.25) is 4.79 Å². The molecule has 2 fully saturated rings. The fourth-order valence-corrected chi connectivity index (χ4v) is 2.46. The molecule has 20 heavy (non-hydrogen) atoms. The summed E-state index contributed by atoms with van der Waals surface area (Å²) in [5.74, 6) is 0.185. The van der Waals surface area contributed by atoms with E-state index < -0.39 is 5.97 Å². The summed E-state index contributed by atoms with van der Waals surface area (Å²) in [6, 6.07) is 5.00. The Bertz CT molecular complexity index is 534. The Kier molecular flexibility index (Phi) is 3.30. The van der Waals surface area contributed by atoms with Crippen LogP contribution in [-0.4, -0.2) is 53.0 Å². The van der Waals surface area contributed by atoms with Gasteiger partial charge in [-0.1, -0.05) is 6.07 Å². The molecule has 106 valence electrons. The molecule has 3 rings (SSSR count). The molecule has 1 saturated carbocycles. The first-order chi connectivity index (χ1) is 9.65. The second kappa shape index (κ2) is 5.11. The highest BCUT2D eigenvalue weighted by atomic mass is 16.4. The molecule has 2 heterocycles. The summed E-state index contributed by atoms with van der Waals surface area (Å²) in [5.41, 5.74) is 0.0546. The van der Waals surface area contributed by atoms with Crippen LogP contribution in [0.1, 0.15) is 23.3 Å². The Balaban J connectivity index is 1.64. The number of hydrogen-bond donors (Lipinski definition) is 1. The van der Waals surface area contributed by atoms with Crippen molar-refractivity contribution in [2.45, 2.75) is 12.8 Å². The molecule has 1 N–H and O–H groups in total. The van der Waals surface area contributed by atoms with Crippen LogP contribution < -0.4 is 4.90 Å². The maximum atomic E-state index is 12.0. The summed E-state index contributed by atoms with van der Waals surface area (Å²) in [6.07, 6.45) is 2.06. The lowest BCUT2D eigenvalue weighted by atomic mass is 10.2. The number of carboxylic acids is 1. The number of anilines is 1. The Labute approximate surface area is 117 Å².